The van der Waals surface area contributed by atoms with Crippen LogP contribution in [0.15, 0.2) is 35.1 Å². The Hall–Kier alpha value is -1.69. The summed E-state index contributed by atoms with van der Waals surface area (Å²) in [7, 11) is 1.76. The molecule has 1 aromatic carbocycles. The highest BCUT2D eigenvalue weighted by Crippen LogP contribution is 2.17. The van der Waals surface area contributed by atoms with E-state index in [-0.39, 0.29) is 0 Å². The highest BCUT2D eigenvalue weighted by Gasteiger charge is 2.21. The molecule has 0 saturated heterocycles. The number of benzene rings is 1. The van der Waals surface area contributed by atoms with Crippen LogP contribution in [0.4, 0.5) is 0 Å². The van der Waals surface area contributed by atoms with Crippen LogP contribution in [0.3, 0.4) is 0 Å². The zero-order valence-corrected chi connectivity index (χ0v) is 12.0. The van der Waals surface area contributed by atoms with Crippen LogP contribution in [0.25, 0.3) is 0 Å². The van der Waals surface area contributed by atoms with E-state index in [1.54, 1.807) is 11.7 Å². The van der Waals surface area contributed by atoms with Crippen molar-refractivity contribution in [2.75, 3.05) is 0 Å². The van der Waals surface area contributed by atoms with Crippen molar-refractivity contribution >= 4 is 21.9 Å². The molecule has 0 aliphatic heterocycles. The zero-order chi connectivity index (χ0) is 13.8. The highest BCUT2D eigenvalue weighted by molar-refractivity contribution is 9.10. The first kappa shape index (κ1) is 13.7. The van der Waals surface area contributed by atoms with Crippen LogP contribution < -0.4 is 0 Å². The predicted octanol–water partition coefficient (Wildman–Crippen LogP) is 2.06. The second-order valence-electron chi connectivity index (χ2n) is 4.37. The molecule has 100 valence electrons. The average molecular weight is 324 g/mol. The molecule has 0 aliphatic carbocycles. The maximum atomic E-state index is 11.4. The van der Waals surface area contributed by atoms with Gasteiger partial charge in [0.1, 0.15) is 12.2 Å². The minimum Gasteiger partial charge on any atom is -0.481 e. The molecule has 1 aromatic heterocycles. The highest BCUT2D eigenvalue weighted by atomic mass is 79.9. The van der Waals surface area contributed by atoms with Gasteiger partial charge in [-0.25, -0.2) is 4.98 Å². The third-order valence-corrected chi connectivity index (χ3v) is 3.45. The quantitative estimate of drug-likeness (QED) is 0.914. The predicted molar refractivity (Wildman–Crippen MR) is 73.7 cm³/mol. The van der Waals surface area contributed by atoms with Gasteiger partial charge in [0, 0.05) is 17.9 Å². The third kappa shape index (κ3) is 3.64. The lowest BCUT2D eigenvalue weighted by Crippen LogP contribution is -2.21. The van der Waals surface area contributed by atoms with E-state index in [9.17, 15) is 9.90 Å². The summed E-state index contributed by atoms with van der Waals surface area (Å²) in [5.41, 5.74) is 0.990. The summed E-state index contributed by atoms with van der Waals surface area (Å²) < 4.78 is 2.56. The van der Waals surface area contributed by atoms with E-state index in [2.05, 4.69) is 26.0 Å². The van der Waals surface area contributed by atoms with Gasteiger partial charge < -0.3 is 5.11 Å². The number of halogens is 1. The van der Waals surface area contributed by atoms with E-state index >= 15 is 0 Å². The number of carboxylic acids is 1. The van der Waals surface area contributed by atoms with Gasteiger partial charge in [0.15, 0.2) is 0 Å². The second kappa shape index (κ2) is 5.97. The Kier molecular flexibility index (Phi) is 4.31. The normalized spacial score (nSPS) is 12.3. The Morgan fingerprint density at radius 1 is 1.47 bits per heavy atom. The molecule has 0 fully saturated rings. The lowest BCUT2D eigenvalue weighted by molar-refractivity contribution is -0.141. The third-order valence-electron chi connectivity index (χ3n) is 2.95. The molecule has 0 spiro atoms. The number of aliphatic carboxylic acids is 1. The summed E-state index contributed by atoms with van der Waals surface area (Å²) in [6.45, 7) is 0. The summed E-state index contributed by atoms with van der Waals surface area (Å²) in [6.07, 6.45) is 2.29. The van der Waals surface area contributed by atoms with E-state index in [1.807, 2.05) is 24.3 Å². The molecular weight excluding hydrogens is 310 g/mol. The van der Waals surface area contributed by atoms with Crippen molar-refractivity contribution in [3.8, 4) is 0 Å². The summed E-state index contributed by atoms with van der Waals surface area (Å²) >= 11 is 3.39. The molecule has 0 saturated carbocycles. The number of aromatic nitrogens is 3. The molecule has 1 atom stereocenters. The first-order chi connectivity index (χ1) is 9.06. The summed E-state index contributed by atoms with van der Waals surface area (Å²) in [5, 5.41) is 13.3. The first-order valence-electron chi connectivity index (χ1n) is 5.86. The molecule has 0 radical (unpaired) electrons. The fourth-order valence-corrected chi connectivity index (χ4v) is 2.37. The first-order valence-corrected chi connectivity index (χ1v) is 6.65. The van der Waals surface area contributed by atoms with Crippen molar-refractivity contribution < 1.29 is 9.90 Å². The van der Waals surface area contributed by atoms with Gasteiger partial charge in [-0.3, -0.25) is 9.48 Å². The Morgan fingerprint density at radius 3 is 2.84 bits per heavy atom. The SMILES string of the molecule is Cn1ncnc1CC(Cc1cccc(Br)c1)C(=O)O. The molecular formula is C13H14BrN3O2. The molecule has 6 heteroatoms. The molecule has 1 N–H and O–H groups in total. The van der Waals surface area contributed by atoms with Gasteiger partial charge in [-0.05, 0) is 24.1 Å². The molecule has 19 heavy (non-hydrogen) atoms. The smallest absolute Gasteiger partial charge is 0.307 e. The van der Waals surface area contributed by atoms with Crippen LogP contribution in [0.2, 0.25) is 0 Å². The maximum absolute atomic E-state index is 11.4. The monoisotopic (exact) mass is 323 g/mol. The van der Waals surface area contributed by atoms with Crippen LogP contribution in [0.1, 0.15) is 11.4 Å². The molecule has 0 bridgehead atoms. The Labute approximate surface area is 119 Å². The van der Waals surface area contributed by atoms with Gasteiger partial charge in [-0.15, -0.1) is 0 Å². The number of nitrogens with zero attached hydrogens (tertiary/aromatic N) is 3. The largest absolute Gasteiger partial charge is 0.481 e. The van der Waals surface area contributed by atoms with Gasteiger partial charge >= 0.3 is 5.97 Å². The summed E-state index contributed by atoms with van der Waals surface area (Å²) in [6, 6.07) is 7.69. The van der Waals surface area contributed by atoms with E-state index in [0.717, 1.165) is 10.0 Å². The van der Waals surface area contributed by atoms with E-state index < -0.39 is 11.9 Å². The fraction of sp³-hybridized carbons (Fsp3) is 0.308. The molecule has 1 heterocycles. The van der Waals surface area contributed by atoms with Crippen LogP contribution in [-0.4, -0.2) is 25.8 Å². The van der Waals surface area contributed by atoms with Gasteiger partial charge in [0.2, 0.25) is 0 Å². The van der Waals surface area contributed by atoms with Crippen molar-refractivity contribution in [3.05, 3.63) is 46.5 Å². The maximum Gasteiger partial charge on any atom is 0.307 e. The van der Waals surface area contributed by atoms with Gasteiger partial charge in [0.25, 0.3) is 0 Å². The average Bonchev–Trinajstić information content (AvgIpc) is 2.74. The van der Waals surface area contributed by atoms with Crippen LogP contribution in [-0.2, 0) is 24.7 Å². The number of carbonyl (C=O) groups is 1. The summed E-state index contributed by atoms with van der Waals surface area (Å²) in [5.74, 6) is -0.637. The van der Waals surface area contributed by atoms with Crippen molar-refractivity contribution in [2.24, 2.45) is 13.0 Å². The van der Waals surface area contributed by atoms with Crippen molar-refractivity contribution in [2.45, 2.75) is 12.8 Å². The molecule has 0 aliphatic rings. The number of hydrogen-bond acceptors (Lipinski definition) is 3. The van der Waals surface area contributed by atoms with Crippen LogP contribution in [0, 0.1) is 5.92 Å². The Morgan fingerprint density at radius 2 is 2.26 bits per heavy atom. The molecule has 5 nitrogen and oxygen atoms in total. The van der Waals surface area contributed by atoms with E-state index in [0.29, 0.717) is 18.7 Å². The molecule has 2 rings (SSSR count). The van der Waals surface area contributed by atoms with Crippen LogP contribution >= 0.6 is 15.9 Å². The minimum atomic E-state index is -0.817. The van der Waals surface area contributed by atoms with Gasteiger partial charge in [-0.2, -0.15) is 5.10 Å². The van der Waals surface area contributed by atoms with Gasteiger partial charge in [-0.1, -0.05) is 28.1 Å². The topological polar surface area (TPSA) is 68.0 Å². The lowest BCUT2D eigenvalue weighted by Gasteiger charge is -2.12. The number of hydrogen-bond donors (Lipinski definition) is 1. The van der Waals surface area contributed by atoms with E-state index in [1.165, 1.54) is 6.33 Å². The second-order valence-corrected chi connectivity index (χ2v) is 5.29. The number of rotatable bonds is 5. The molecule has 1 unspecified atom stereocenters. The minimum absolute atomic E-state index is 0.373. The van der Waals surface area contributed by atoms with E-state index in [4.69, 9.17) is 0 Å². The molecule has 0 amide bonds. The summed E-state index contributed by atoms with van der Waals surface area (Å²) in [4.78, 5) is 15.4. The fourth-order valence-electron chi connectivity index (χ4n) is 1.92. The Balaban J connectivity index is 2.13. The van der Waals surface area contributed by atoms with Crippen molar-refractivity contribution in [1.29, 1.82) is 0 Å². The number of aryl methyl sites for hydroxylation is 1. The molecule has 2 aromatic rings. The van der Waals surface area contributed by atoms with Gasteiger partial charge in [0.05, 0.1) is 5.92 Å². The zero-order valence-electron chi connectivity index (χ0n) is 10.5. The Bertz CT molecular complexity index is 583. The van der Waals surface area contributed by atoms with Crippen molar-refractivity contribution in [1.82, 2.24) is 14.8 Å². The standard InChI is InChI=1S/C13H14BrN3O2/c1-17-12(15-8-16-17)7-10(13(18)19)5-9-3-2-4-11(14)6-9/h2-4,6,8,10H,5,7H2,1H3,(H,18,19). The van der Waals surface area contributed by atoms with Crippen LogP contribution in [0.5, 0.6) is 0 Å². The number of carboxylic acid groups (broad SMARTS) is 1. The lowest BCUT2D eigenvalue weighted by atomic mass is 9.96. The van der Waals surface area contributed by atoms with Crippen molar-refractivity contribution in [3.63, 3.8) is 0 Å².